The average molecular weight is 345 g/mol. The smallest absolute Gasteiger partial charge is 0.460 e. The molecule has 25 heavy (non-hydrogen) atoms. The van der Waals surface area contributed by atoms with E-state index < -0.39 is 0 Å². The van der Waals surface area contributed by atoms with Crippen molar-refractivity contribution in [3.63, 3.8) is 0 Å². The molecular weight excluding hydrogens is 320 g/mol. The summed E-state index contributed by atoms with van der Waals surface area (Å²) in [7, 11) is -0.386. The van der Waals surface area contributed by atoms with Crippen molar-refractivity contribution in [2.75, 3.05) is 19.8 Å². The first-order valence-electron chi connectivity index (χ1n) is 8.94. The van der Waals surface area contributed by atoms with Crippen molar-refractivity contribution in [1.82, 2.24) is 4.90 Å². The minimum absolute atomic E-state index is 0.194. The molecule has 134 valence electrons. The van der Waals surface area contributed by atoms with Gasteiger partial charge in [-0.3, -0.25) is 9.29 Å². The van der Waals surface area contributed by atoms with Crippen LogP contribution in [0.1, 0.15) is 33.5 Å². The van der Waals surface area contributed by atoms with E-state index in [2.05, 4.69) is 11.0 Å². The zero-order chi connectivity index (χ0) is 17.8. The second-order valence-corrected chi connectivity index (χ2v) is 8.31. The summed E-state index contributed by atoms with van der Waals surface area (Å²) in [5.41, 5.74) is 1.09. The standard InChI is InChI=1S/C19H25BFNO3/c1-18(2)19(3,4)25-20(24-18)15-6-5-14-7-16(23-17(14)8-15)12-22-10-13(9-21)11-22/h5-8,13H,9-12H2,1-4H3. The van der Waals surface area contributed by atoms with E-state index in [4.69, 9.17) is 13.7 Å². The van der Waals surface area contributed by atoms with Gasteiger partial charge >= 0.3 is 7.12 Å². The Morgan fingerprint density at radius 1 is 1.12 bits per heavy atom. The third-order valence-electron chi connectivity index (χ3n) is 5.75. The highest BCUT2D eigenvalue weighted by molar-refractivity contribution is 6.62. The molecule has 0 atom stereocenters. The van der Waals surface area contributed by atoms with Crippen molar-refractivity contribution < 1.29 is 18.1 Å². The van der Waals surface area contributed by atoms with E-state index in [-0.39, 0.29) is 30.9 Å². The van der Waals surface area contributed by atoms with Crippen LogP contribution in [0.5, 0.6) is 0 Å². The Balaban J connectivity index is 1.51. The van der Waals surface area contributed by atoms with Gasteiger partial charge in [0.25, 0.3) is 0 Å². The molecule has 3 heterocycles. The number of hydrogen-bond acceptors (Lipinski definition) is 4. The Kier molecular flexibility index (Phi) is 3.98. The first-order valence-corrected chi connectivity index (χ1v) is 8.94. The lowest BCUT2D eigenvalue weighted by Crippen LogP contribution is -2.46. The second kappa shape index (κ2) is 5.83. The van der Waals surface area contributed by atoms with Crippen LogP contribution in [0.15, 0.2) is 28.7 Å². The van der Waals surface area contributed by atoms with Crippen molar-refractivity contribution in [1.29, 1.82) is 0 Å². The van der Waals surface area contributed by atoms with Crippen LogP contribution in [-0.4, -0.2) is 43.0 Å². The summed E-state index contributed by atoms with van der Waals surface area (Å²) in [6.45, 7) is 10.3. The predicted octanol–water partition coefficient (Wildman–Crippen LogP) is 3.13. The normalized spacial score (nSPS) is 23.3. The molecule has 1 aromatic heterocycles. The molecule has 0 saturated carbocycles. The number of fused-ring (bicyclic) bond motifs is 1. The number of rotatable bonds is 4. The number of hydrogen-bond donors (Lipinski definition) is 0. The Morgan fingerprint density at radius 2 is 1.80 bits per heavy atom. The van der Waals surface area contributed by atoms with E-state index in [0.29, 0.717) is 0 Å². The van der Waals surface area contributed by atoms with Crippen LogP contribution < -0.4 is 5.46 Å². The van der Waals surface area contributed by atoms with Crippen LogP contribution in [0.25, 0.3) is 11.0 Å². The van der Waals surface area contributed by atoms with Crippen molar-refractivity contribution >= 4 is 23.6 Å². The van der Waals surface area contributed by atoms with Gasteiger partial charge in [-0.1, -0.05) is 12.1 Å². The van der Waals surface area contributed by atoms with Gasteiger partial charge in [0, 0.05) is 24.4 Å². The van der Waals surface area contributed by atoms with E-state index in [1.54, 1.807) is 0 Å². The molecule has 2 aliphatic heterocycles. The summed E-state index contributed by atoms with van der Waals surface area (Å²) in [6, 6.07) is 8.14. The molecule has 0 amide bonds. The third-order valence-corrected chi connectivity index (χ3v) is 5.75. The van der Waals surface area contributed by atoms with E-state index >= 15 is 0 Å². The maximum absolute atomic E-state index is 12.5. The monoisotopic (exact) mass is 345 g/mol. The highest BCUT2D eigenvalue weighted by atomic mass is 19.1. The molecule has 0 unspecified atom stereocenters. The van der Waals surface area contributed by atoms with Gasteiger partial charge in [-0.2, -0.15) is 0 Å². The van der Waals surface area contributed by atoms with Crippen LogP contribution in [0.2, 0.25) is 0 Å². The van der Waals surface area contributed by atoms with E-state index in [9.17, 15) is 4.39 Å². The van der Waals surface area contributed by atoms with Crippen LogP contribution in [0.3, 0.4) is 0 Å². The first-order chi connectivity index (χ1) is 11.8. The fraction of sp³-hybridized carbons (Fsp3) is 0.579. The largest absolute Gasteiger partial charge is 0.494 e. The highest BCUT2D eigenvalue weighted by Crippen LogP contribution is 2.36. The lowest BCUT2D eigenvalue weighted by Gasteiger charge is -2.36. The summed E-state index contributed by atoms with van der Waals surface area (Å²) in [6.07, 6.45) is 0. The molecule has 2 aliphatic rings. The van der Waals surface area contributed by atoms with E-state index in [1.165, 1.54) is 0 Å². The van der Waals surface area contributed by atoms with E-state index in [1.807, 2.05) is 45.9 Å². The van der Waals surface area contributed by atoms with Gasteiger partial charge in [-0.25, -0.2) is 0 Å². The van der Waals surface area contributed by atoms with Crippen molar-refractivity contribution in [2.24, 2.45) is 5.92 Å². The Morgan fingerprint density at radius 3 is 2.44 bits per heavy atom. The summed E-state index contributed by atoms with van der Waals surface area (Å²) < 4.78 is 30.8. The Hall–Kier alpha value is -1.37. The fourth-order valence-electron chi connectivity index (χ4n) is 3.43. The molecule has 0 bridgehead atoms. The first kappa shape index (κ1) is 17.1. The molecule has 0 N–H and O–H groups in total. The van der Waals surface area contributed by atoms with Crippen LogP contribution in [0, 0.1) is 5.92 Å². The number of halogens is 1. The number of benzene rings is 1. The summed E-state index contributed by atoms with van der Waals surface area (Å²) in [4.78, 5) is 2.21. The van der Waals surface area contributed by atoms with E-state index in [0.717, 1.165) is 41.8 Å². The molecule has 4 nitrogen and oxygen atoms in total. The van der Waals surface area contributed by atoms with Crippen LogP contribution in [-0.2, 0) is 15.9 Å². The maximum atomic E-state index is 12.5. The molecule has 2 saturated heterocycles. The topological polar surface area (TPSA) is 34.8 Å². The third kappa shape index (κ3) is 3.00. The SMILES string of the molecule is CC1(C)OB(c2ccc3cc(CN4CC(CF)C4)oc3c2)OC1(C)C. The van der Waals surface area contributed by atoms with Crippen LogP contribution in [0.4, 0.5) is 4.39 Å². The molecule has 4 rings (SSSR count). The van der Waals surface area contributed by atoms with Gasteiger partial charge < -0.3 is 13.7 Å². The molecule has 0 radical (unpaired) electrons. The second-order valence-electron chi connectivity index (χ2n) is 8.31. The summed E-state index contributed by atoms with van der Waals surface area (Å²) in [5.74, 6) is 1.11. The lowest BCUT2D eigenvalue weighted by molar-refractivity contribution is 0.00578. The molecule has 2 fully saturated rings. The summed E-state index contributed by atoms with van der Waals surface area (Å²) in [5, 5.41) is 1.07. The number of alkyl halides is 1. The fourth-order valence-corrected chi connectivity index (χ4v) is 3.43. The van der Waals surface area contributed by atoms with Crippen LogP contribution >= 0.6 is 0 Å². The molecule has 1 aromatic carbocycles. The molecule has 2 aromatic rings. The minimum Gasteiger partial charge on any atom is -0.460 e. The Labute approximate surface area is 148 Å². The Bertz CT molecular complexity index is 766. The number of nitrogens with zero attached hydrogens (tertiary/aromatic N) is 1. The quantitative estimate of drug-likeness (QED) is 0.798. The molecule has 0 aliphatic carbocycles. The maximum Gasteiger partial charge on any atom is 0.494 e. The molecular formula is C19H25BFNO3. The number of furan rings is 1. The summed E-state index contributed by atoms with van der Waals surface area (Å²) >= 11 is 0. The van der Waals surface area contributed by atoms with Gasteiger partial charge in [0.1, 0.15) is 11.3 Å². The van der Waals surface area contributed by atoms with Crippen molar-refractivity contribution in [3.05, 3.63) is 30.0 Å². The zero-order valence-electron chi connectivity index (χ0n) is 15.3. The van der Waals surface area contributed by atoms with Gasteiger partial charge in [-0.15, -0.1) is 0 Å². The van der Waals surface area contributed by atoms with Gasteiger partial charge in [0.05, 0.1) is 24.4 Å². The zero-order valence-corrected chi connectivity index (χ0v) is 15.3. The van der Waals surface area contributed by atoms with Crippen molar-refractivity contribution in [3.8, 4) is 0 Å². The van der Waals surface area contributed by atoms with Crippen molar-refractivity contribution in [2.45, 2.75) is 45.4 Å². The van der Waals surface area contributed by atoms with Gasteiger partial charge in [0.2, 0.25) is 0 Å². The molecule has 6 heteroatoms. The van der Waals surface area contributed by atoms with Gasteiger partial charge in [-0.05, 0) is 45.3 Å². The minimum atomic E-state index is -0.386. The highest BCUT2D eigenvalue weighted by Gasteiger charge is 2.51. The average Bonchev–Trinajstić information content (AvgIpc) is 2.99. The molecule has 0 spiro atoms. The number of likely N-dealkylation sites (tertiary alicyclic amines) is 1. The lowest BCUT2D eigenvalue weighted by atomic mass is 9.79. The predicted molar refractivity (Wildman–Crippen MR) is 96.7 cm³/mol. The van der Waals surface area contributed by atoms with Gasteiger partial charge in [0.15, 0.2) is 0 Å².